The number of amides is 1. The van der Waals surface area contributed by atoms with Gasteiger partial charge < -0.3 is 16.2 Å². The van der Waals surface area contributed by atoms with E-state index in [4.69, 9.17) is 21.5 Å². The molecular formula is C21H20N6O2. The summed E-state index contributed by atoms with van der Waals surface area (Å²) < 4.78 is 1.63. The van der Waals surface area contributed by atoms with Crippen LogP contribution >= 0.6 is 0 Å². The minimum Gasteiger partial charge on any atom is -0.398 e. The predicted octanol–water partition coefficient (Wildman–Crippen LogP) is 1.93. The van der Waals surface area contributed by atoms with Gasteiger partial charge in [-0.3, -0.25) is 14.9 Å². The zero-order valence-electron chi connectivity index (χ0n) is 15.6. The largest absolute Gasteiger partial charge is 0.398 e. The molecule has 0 aliphatic heterocycles. The van der Waals surface area contributed by atoms with Crippen molar-refractivity contribution in [2.45, 2.75) is 13.0 Å². The number of anilines is 2. The minimum atomic E-state index is -0.608. The van der Waals surface area contributed by atoms with Gasteiger partial charge in [0, 0.05) is 24.1 Å². The standard InChI is InChI=1S/C21H20N6O2/c22-10-15-2-1-3-16(8-15)12-27-13-17(11-25-27)26-21(29)20(24)18-9-14(6-7-28)4-5-19(18)23/h1-5,8-9,11,13,24,28H,6-7,12,23H2,(H,26,29). The lowest BCUT2D eigenvalue weighted by atomic mass is 10.0. The van der Waals surface area contributed by atoms with Crippen LogP contribution < -0.4 is 11.1 Å². The highest BCUT2D eigenvalue weighted by molar-refractivity contribution is 6.48. The molecule has 0 radical (unpaired) electrons. The van der Waals surface area contributed by atoms with Gasteiger partial charge in [-0.15, -0.1) is 0 Å². The van der Waals surface area contributed by atoms with E-state index in [1.807, 2.05) is 6.07 Å². The molecule has 0 aliphatic carbocycles. The normalized spacial score (nSPS) is 10.3. The third-order valence-electron chi connectivity index (χ3n) is 4.31. The van der Waals surface area contributed by atoms with Gasteiger partial charge in [0.25, 0.3) is 5.91 Å². The number of nitrogen functional groups attached to an aromatic ring is 1. The van der Waals surface area contributed by atoms with Gasteiger partial charge in [-0.2, -0.15) is 10.4 Å². The summed E-state index contributed by atoms with van der Waals surface area (Å²) in [6.07, 6.45) is 3.56. The van der Waals surface area contributed by atoms with Crippen molar-refractivity contribution in [3.8, 4) is 6.07 Å². The summed E-state index contributed by atoms with van der Waals surface area (Å²) in [5, 5.41) is 33.1. The average molecular weight is 388 g/mol. The van der Waals surface area contributed by atoms with Gasteiger partial charge >= 0.3 is 0 Å². The van der Waals surface area contributed by atoms with Crippen LogP contribution in [0.5, 0.6) is 0 Å². The number of aliphatic hydroxyl groups excluding tert-OH is 1. The summed E-state index contributed by atoms with van der Waals surface area (Å²) >= 11 is 0. The average Bonchev–Trinajstić information content (AvgIpc) is 3.15. The zero-order valence-corrected chi connectivity index (χ0v) is 15.6. The molecule has 146 valence electrons. The summed E-state index contributed by atoms with van der Waals surface area (Å²) in [6.45, 7) is 0.415. The molecule has 0 atom stereocenters. The Bertz CT molecular complexity index is 1100. The van der Waals surface area contributed by atoms with Gasteiger partial charge in [0.1, 0.15) is 5.71 Å². The molecule has 1 aromatic heterocycles. The fourth-order valence-electron chi connectivity index (χ4n) is 2.86. The molecular weight excluding hydrogens is 368 g/mol. The molecule has 3 rings (SSSR count). The molecule has 0 spiro atoms. The van der Waals surface area contributed by atoms with E-state index in [1.165, 1.54) is 6.20 Å². The molecule has 3 aromatic rings. The lowest BCUT2D eigenvalue weighted by Crippen LogP contribution is -2.23. The van der Waals surface area contributed by atoms with E-state index in [0.717, 1.165) is 11.1 Å². The molecule has 0 saturated carbocycles. The van der Waals surface area contributed by atoms with Crippen LogP contribution in [0.25, 0.3) is 0 Å². The number of rotatable bonds is 7. The number of nitrogens with one attached hydrogen (secondary N) is 2. The smallest absolute Gasteiger partial charge is 0.274 e. The van der Waals surface area contributed by atoms with Crippen LogP contribution in [-0.4, -0.2) is 33.1 Å². The van der Waals surface area contributed by atoms with Crippen molar-refractivity contribution in [3.05, 3.63) is 77.1 Å². The Balaban J connectivity index is 1.69. The number of aliphatic hydroxyl groups is 1. The lowest BCUT2D eigenvalue weighted by molar-refractivity contribution is -0.110. The van der Waals surface area contributed by atoms with Crippen molar-refractivity contribution in [2.75, 3.05) is 17.7 Å². The van der Waals surface area contributed by atoms with Gasteiger partial charge in [-0.05, 0) is 41.8 Å². The molecule has 5 N–H and O–H groups in total. The van der Waals surface area contributed by atoms with E-state index in [1.54, 1.807) is 47.3 Å². The number of carbonyl (C=O) groups is 1. The van der Waals surface area contributed by atoms with Crippen LogP contribution in [0.15, 0.2) is 54.9 Å². The van der Waals surface area contributed by atoms with Crippen LogP contribution in [0.1, 0.15) is 22.3 Å². The molecule has 0 aliphatic rings. The number of nitrogens with zero attached hydrogens (tertiary/aromatic N) is 3. The van der Waals surface area contributed by atoms with Crippen molar-refractivity contribution in [2.24, 2.45) is 0 Å². The highest BCUT2D eigenvalue weighted by Crippen LogP contribution is 2.17. The Labute approximate surface area is 167 Å². The number of hydrogen-bond donors (Lipinski definition) is 4. The van der Waals surface area contributed by atoms with Crippen LogP contribution in [0, 0.1) is 16.7 Å². The maximum Gasteiger partial charge on any atom is 0.274 e. The van der Waals surface area contributed by atoms with Crippen LogP contribution in [0.4, 0.5) is 11.4 Å². The summed E-state index contributed by atoms with van der Waals surface area (Å²) in [5.74, 6) is -0.608. The molecule has 0 saturated heterocycles. The first kappa shape index (κ1) is 19.8. The third-order valence-corrected chi connectivity index (χ3v) is 4.31. The number of benzene rings is 2. The highest BCUT2D eigenvalue weighted by atomic mass is 16.3. The van der Waals surface area contributed by atoms with Crippen molar-refractivity contribution < 1.29 is 9.90 Å². The van der Waals surface area contributed by atoms with Crippen molar-refractivity contribution >= 4 is 23.0 Å². The highest BCUT2D eigenvalue weighted by Gasteiger charge is 2.16. The molecule has 0 bridgehead atoms. The lowest BCUT2D eigenvalue weighted by Gasteiger charge is -2.09. The predicted molar refractivity (Wildman–Crippen MR) is 110 cm³/mol. The van der Waals surface area contributed by atoms with Crippen LogP contribution in [0.3, 0.4) is 0 Å². The summed E-state index contributed by atoms with van der Waals surface area (Å²) in [4.78, 5) is 12.5. The number of carbonyl (C=O) groups excluding carboxylic acids is 1. The van der Waals surface area contributed by atoms with E-state index in [9.17, 15) is 4.79 Å². The van der Waals surface area contributed by atoms with Crippen LogP contribution in [0.2, 0.25) is 0 Å². The zero-order chi connectivity index (χ0) is 20.8. The molecule has 0 fully saturated rings. The first-order valence-corrected chi connectivity index (χ1v) is 8.91. The molecule has 8 nitrogen and oxygen atoms in total. The quantitative estimate of drug-likeness (QED) is 0.361. The van der Waals surface area contributed by atoms with Crippen molar-refractivity contribution in [1.29, 1.82) is 10.7 Å². The summed E-state index contributed by atoms with van der Waals surface area (Å²) in [6, 6.07) is 14.3. The second kappa shape index (κ2) is 8.82. The fourth-order valence-corrected chi connectivity index (χ4v) is 2.86. The molecule has 8 heteroatoms. The first-order chi connectivity index (χ1) is 14.0. The second-order valence-electron chi connectivity index (χ2n) is 6.46. The summed E-state index contributed by atoms with van der Waals surface area (Å²) in [7, 11) is 0. The van der Waals surface area contributed by atoms with Crippen LogP contribution in [-0.2, 0) is 17.8 Å². The van der Waals surface area contributed by atoms with Gasteiger partial charge in [-0.1, -0.05) is 18.2 Å². The van der Waals surface area contributed by atoms with Crippen molar-refractivity contribution in [1.82, 2.24) is 9.78 Å². The van der Waals surface area contributed by atoms with Gasteiger partial charge in [0.05, 0.1) is 30.1 Å². The molecule has 1 heterocycles. The SMILES string of the molecule is N#Cc1cccc(Cn2cc(NC(=O)C(=N)c3cc(CCO)ccc3N)cn2)c1. The second-order valence-corrected chi connectivity index (χ2v) is 6.46. The minimum absolute atomic E-state index is 0.0284. The Morgan fingerprint density at radius 3 is 2.86 bits per heavy atom. The number of hydrogen-bond acceptors (Lipinski definition) is 6. The molecule has 1 amide bonds. The topological polar surface area (TPSA) is 141 Å². The monoisotopic (exact) mass is 388 g/mol. The van der Waals surface area contributed by atoms with Gasteiger partial charge in [0.15, 0.2) is 0 Å². The maximum atomic E-state index is 12.5. The van der Waals surface area contributed by atoms with Crippen molar-refractivity contribution in [3.63, 3.8) is 0 Å². The van der Waals surface area contributed by atoms with E-state index in [2.05, 4.69) is 16.5 Å². The Morgan fingerprint density at radius 1 is 1.28 bits per heavy atom. The van der Waals surface area contributed by atoms with Gasteiger partial charge in [-0.25, -0.2) is 0 Å². The maximum absolute atomic E-state index is 12.5. The molecule has 29 heavy (non-hydrogen) atoms. The Hall–Kier alpha value is -3.96. The Kier molecular flexibility index (Phi) is 6.02. The third kappa shape index (κ3) is 4.86. The molecule has 2 aromatic carbocycles. The number of nitrogens with two attached hydrogens (primary N) is 1. The summed E-state index contributed by atoms with van der Waals surface area (Å²) in [5.41, 5.74) is 8.99. The van der Waals surface area contributed by atoms with Gasteiger partial charge in [0.2, 0.25) is 0 Å². The Morgan fingerprint density at radius 2 is 2.10 bits per heavy atom. The van der Waals surface area contributed by atoms with E-state index < -0.39 is 5.91 Å². The number of nitriles is 1. The fraction of sp³-hybridized carbons (Fsp3) is 0.143. The first-order valence-electron chi connectivity index (χ1n) is 8.91. The van der Waals surface area contributed by atoms with E-state index in [-0.39, 0.29) is 12.3 Å². The molecule has 0 unspecified atom stereocenters. The number of aromatic nitrogens is 2. The van der Waals surface area contributed by atoms with E-state index >= 15 is 0 Å². The van der Waals surface area contributed by atoms with E-state index in [0.29, 0.717) is 35.5 Å².